The number of carboxylic acid groups (broad SMARTS) is 1. The molecule has 0 radical (unpaired) electrons. The number of aromatic nitrogens is 2. The van der Waals surface area contributed by atoms with Gasteiger partial charge < -0.3 is 5.11 Å². The Hall–Kier alpha value is -1.49. The molecule has 0 fully saturated rings. The lowest BCUT2D eigenvalue weighted by atomic mass is 10.2. The van der Waals surface area contributed by atoms with Crippen molar-refractivity contribution in [3.63, 3.8) is 0 Å². The molecule has 1 heterocycles. The van der Waals surface area contributed by atoms with Gasteiger partial charge in [0.15, 0.2) is 0 Å². The van der Waals surface area contributed by atoms with Crippen molar-refractivity contribution in [2.45, 2.75) is 13.8 Å². The first kappa shape index (κ1) is 10.6. The van der Waals surface area contributed by atoms with Gasteiger partial charge in [0.25, 0.3) is 0 Å². The number of hydrogen-bond donors (Lipinski definition) is 1. The monoisotopic (exact) mass is 210 g/mol. The molecule has 1 N–H and O–H groups in total. The van der Waals surface area contributed by atoms with Crippen LogP contribution in [0.1, 0.15) is 24.2 Å². The molecule has 0 amide bonds. The molecule has 2 aromatic rings. The summed E-state index contributed by atoms with van der Waals surface area (Å²) in [6.07, 6.45) is 0. The molecule has 0 atom stereocenters. The average molecular weight is 210 g/mol. The number of rotatable bonds is 1. The van der Waals surface area contributed by atoms with Crippen LogP contribution in [-0.2, 0) is 0 Å². The number of carboxylic acids is 1. The number of benzene rings is 1. The molecule has 0 saturated heterocycles. The molecule has 0 aliphatic carbocycles. The molecule has 0 unspecified atom stereocenters. The predicted molar refractivity (Wildman–Crippen MR) is 55.7 cm³/mol. The first-order valence-electron chi connectivity index (χ1n) is 4.23. The van der Waals surface area contributed by atoms with Crippen molar-refractivity contribution >= 4 is 27.7 Å². The standard InChI is InChI=1S/C7H4N2O2S.C2H6/c10-7(11)4-2-1-3-5-6(4)12-9-8-5;1-2/h1-3H,(H,10,11);1-2H3. The molecule has 1 aromatic heterocycles. The molecule has 2 rings (SSSR count). The lowest BCUT2D eigenvalue weighted by Crippen LogP contribution is -1.95. The van der Waals surface area contributed by atoms with Crippen LogP contribution >= 0.6 is 11.5 Å². The summed E-state index contributed by atoms with van der Waals surface area (Å²) >= 11 is 1.10. The quantitative estimate of drug-likeness (QED) is 0.785. The third kappa shape index (κ3) is 1.88. The van der Waals surface area contributed by atoms with Crippen LogP contribution in [0.4, 0.5) is 0 Å². The molecule has 74 valence electrons. The normalized spacial score (nSPS) is 9.29. The number of carbonyl (C=O) groups is 1. The minimum Gasteiger partial charge on any atom is -0.478 e. The van der Waals surface area contributed by atoms with E-state index in [2.05, 4.69) is 9.59 Å². The van der Waals surface area contributed by atoms with E-state index in [1.165, 1.54) is 0 Å². The van der Waals surface area contributed by atoms with Crippen LogP contribution in [0.3, 0.4) is 0 Å². The Kier molecular flexibility index (Phi) is 3.53. The second-order valence-corrected chi connectivity index (χ2v) is 2.99. The van der Waals surface area contributed by atoms with Gasteiger partial charge in [-0.05, 0) is 23.7 Å². The zero-order valence-corrected chi connectivity index (χ0v) is 8.71. The van der Waals surface area contributed by atoms with Crippen LogP contribution in [0.25, 0.3) is 10.2 Å². The average Bonchev–Trinajstić information content (AvgIpc) is 2.67. The zero-order valence-electron chi connectivity index (χ0n) is 7.89. The maximum absolute atomic E-state index is 10.7. The molecule has 0 aliphatic rings. The van der Waals surface area contributed by atoms with E-state index in [1.54, 1.807) is 18.2 Å². The molecule has 0 saturated carbocycles. The third-order valence-corrected chi connectivity index (χ3v) is 2.28. The SMILES string of the molecule is CC.O=C(O)c1cccc2nnsc12. The van der Waals surface area contributed by atoms with Gasteiger partial charge in [-0.1, -0.05) is 24.4 Å². The van der Waals surface area contributed by atoms with Crippen LogP contribution in [0.5, 0.6) is 0 Å². The topological polar surface area (TPSA) is 63.1 Å². The van der Waals surface area contributed by atoms with Gasteiger partial charge in [0.2, 0.25) is 0 Å². The Morgan fingerprint density at radius 3 is 2.79 bits per heavy atom. The highest BCUT2D eigenvalue weighted by molar-refractivity contribution is 7.13. The highest BCUT2D eigenvalue weighted by Gasteiger charge is 2.09. The van der Waals surface area contributed by atoms with E-state index in [9.17, 15) is 4.79 Å². The lowest BCUT2D eigenvalue weighted by molar-refractivity contribution is 0.0699. The molecule has 5 heteroatoms. The van der Waals surface area contributed by atoms with Gasteiger partial charge in [-0.2, -0.15) is 0 Å². The maximum Gasteiger partial charge on any atom is 0.337 e. The van der Waals surface area contributed by atoms with Crippen LogP contribution in [0.2, 0.25) is 0 Å². The minimum absolute atomic E-state index is 0.266. The predicted octanol–water partition coefficient (Wildman–Crippen LogP) is 2.42. The first-order chi connectivity index (χ1) is 6.79. The molecule has 0 spiro atoms. The summed E-state index contributed by atoms with van der Waals surface area (Å²) in [5, 5.41) is 12.5. The Balaban J connectivity index is 0.000000461. The minimum atomic E-state index is -0.938. The number of nitrogens with zero attached hydrogens (tertiary/aromatic N) is 2. The third-order valence-electron chi connectivity index (χ3n) is 1.51. The van der Waals surface area contributed by atoms with E-state index >= 15 is 0 Å². The summed E-state index contributed by atoms with van der Waals surface area (Å²) < 4.78 is 4.30. The van der Waals surface area contributed by atoms with Crippen LogP contribution < -0.4 is 0 Å². The highest BCUT2D eigenvalue weighted by Crippen LogP contribution is 2.19. The molecular formula is C9H10N2O2S. The van der Waals surface area contributed by atoms with E-state index in [1.807, 2.05) is 13.8 Å². The van der Waals surface area contributed by atoms with Gasteiger partial charge in [-0.15, -0.1) is 5.10 Å². The number of fused-ring (bicyclic) bond motifs is 1. The van der Waals surface area contributed by atoms with Crippen molar-refractivity contribution in [3.8, 4) is 0 Å². The van der Waals surface area contributed by atoms with Gasteiger partial charge in [0, 0.05) is 0 Å². The molecule has 1 aromatic carbocycles. The fourth-order valence-corrected chi connectivity index (χ4v) is 1.64. The molecule has 0 aliphatic heterocycles. The summed E-state index contributed by atoms with van der Waals surface area (Å²) in [5.74, 6) is -0.938. The fourth-order valence-electron chi connectivity index (χ4n) is 0.973. The van der Waals surface area contributed by atoms with Crippen molar-refractivity contribution in [1.82, 2.24) is 9.59 Å². The van der Waals surface area contributed by atoms with Crippen molar-refractivity contribution in [2.75, 3.05) is 0 Å². The van der Waals surface area contributed by atoms with E-state index in [0.29, 0.717) is 10.2 Å². The Labute approximate surface area is 85.4 Å². The van der Waals surface area contributed by atoms with E-state index in [0.717, 1.165) is 11.5 Å². The maximum atomic E-state index is 10.7. The van der Waals surface area contributed by atoms with Crippen molar-refractivity contribution in [1.29, 1.82) is 0 Å². The molecule has 4 nitrogen and oxygen atoms in total. The van der Waals surface area contributed by atoms with Gasteiger partial charge in [0.1, 0.15) is 5.52 Å². The van der Waals surface area contributed by atoms with Crippen molar-refractivity contribution < 1.29 is 9.90 Å². The first-order valence-corrected chi connectivity index (χ1v) is 5.01. The van der Waals surface area contributed by atoms with E-state index in [4.69, 9.17) is 5.11 Å². The van der Waals surface area contributed by atoms with Crippen molar-refractivity contribution in [2.24, 2.45) is 0 Å². The summed E-state index contributed by atoms with van der Waals surface area (Å²) in [5.41, 5.74) is 0.905. The fraction of sp³-hybridized carbons (Fsp3) is 0.222. The van der Waals surface area contributed by atoms with Gasteiger partial charge in [-0.3, -0.25) is 0 Å². The second kappa shape index (κ2) is 4.66. The van der Waals surface area contributed by atoms with Crippen molar-refractivity contribution in [3.05, 3.63) is 23.8 Å². The second-order valence-electron chi connectivity index (χ2n) is 2.23. The summed E-state index contributed by atoms with van der Waals surface area (Å²) in [4.78, 5) is 10.7. The van der Waals surface area contributed by atoms with Crippen LogP contribution in [0.15, 0.2) is 18.2 Å². The highest BCUT2D eigenvalue weighted by atomic mass is 32.1. The van der Waals surface area contributed by atoms with E-state index in [-0.39, 0.29) is 5.56 Å². The summed E-state index contributed by atoms with van der Waals surface area (Å²) in [7, 11) is 0. The summed E-state index contributed by atoms with van der Waals surface area (Å²) in [6.45, 7) is 4.00. The Morgan fingerprint density at radius 2 is 2.14 bits per heavy atom. The molecule has 14 heavy (non-hydrogen) atoms. The van der Waals surface area contributed by atoms with Gasteiger partial charge in [-0.25, -0.2) is 4.79 Å². The number of hydrogen-bond acceptors (Lipinski definition) is 4. The smallest absolute Gasteiger partial charge is 0.337 e. The van der Waals surface area contributed by atoms with Gasteiger partial charge in [0.05, 0.1) is 10.3 Å². The molecular weight excluding hydrogens is 200 g/mol. The van der Waals surface area contributed by atoms with Crippen LogP contribution in [0, 0.1) is 0 Å². The molecule has 0 bridgehead atoms. The summed E-state index contributed by atoms with van der Waals surface area (Å²) in [6, 6.07) is 4.95. The lowest BCUT2D eigenvalue weighted by Gasteiger charge is -1.92. The zero-order chi connectivity index (χ0) is 10.6. The number of aromatic carboxylic acids is 1. The van der Waals surface area contributed by atoms with Gasteiger partial charge >= 0.3 is 5.97 Å². The Bertz CT molecular complexity index is 439. The van der Waals surface area contributed by atoms with E-state index < -0.39 is 5.97 Å². The Morgan fingerprint density at radius 1 is 1.43 bits per heavy atom. The van der Waals surface area contributed by atoms with Crippen LogP contribution in [-0.4, -0.2) is 20.7 Å². The largest absolute Gasteiger partial charge is 0.478 e.